The molecular formula is C18H21NO4. The molecular weight excluding hydrogens is 294 g/mol. The van der Waals surface area contributed by atoms with E-state index >= 15 is 0 Å². The molecule has 1 heterocycles. The van der Waals surface area contributed by atoms with Crippen molar-refractivity contribution in [2.75, 3.05) is 34.1 Å². The van der Waals surface area contributed by atoms with Gasteiger partial charge in [0.15, 0.2) is 11.5 Å². The highest BCUT2D eigenvalue weighted by Gasteiger charge is 2.13. The number of benzene rings is 2. The first-order chi connectivity index (χ1) is 11.2. The van der Waals surface area contributed by atoms with Crippen LogP contribution in [0, 0.1) is 0 Å². The average Bonchev–Trinajstić information content (AvgIpc) is 3.03. The lowest BCUT2D eigenvalue weighted by Crippen LogP contribution is -2.23. The molecule has 1 aliphatic rings. The van der Waals surface area contributed by atoms with E-state index in [1.807, 2.05) is 36.4 Å². The first kappa shape index (κ1) is 15.5. The lowest BCUT2D eigenvalue weighted by atomic mass is 10.2. The van der Waals surface area contributed by atoms with Crippen LogP contribution in [-0.4, -0.2) is 39.0 Å². The predicted molar refractivity (Wildman–Crippen MR) is 87.4 cm³/mol. The molecule has 5 nitrogen and oxygen atoms in total. The second-order valence-corrected chi connectivity index (χ2v) is 5.45. The normalized spacial score (nSPS) is 12.5. The molecule has 0 spiro atoms. The van der Waals surface area contributed by atoms with Crippen molar-refractivity contribution < 1.29 is 18.9 Å². The fraction of sp³-hybridized carbons (Fsp3) is 0.333. The van der Waals surface area contributed by atoms with Gasteiger partial charge in [-0.2, -0.15) is 0 Å². The molecule has 23 heavy (non-hydrogen) atoms. The maximum atomic E-state index is 5.75. The molecule has 0 radical (unpaired) electrons. The maximum absolute atomic E-state index is 5.75. The van der Waals surface area contributed by atoms with Gasteiger partial charge in [0.25, 0.3) is 0 Å². The van der Waals surface area contributed by atoms with Gasteiger partial charge < -0.3 is 18.9 Å². The highest BCUT2D eigenvalue weighted by atomic mass is 16.7. The van der Waals surface area contributed by atoms with E-state index in [4.69, 9.17) is 18.9 Å². The van der Waals surface area contributed by atoms with Crippen LogP contribution < -0.4 is 18.9 Å². The zero-order chi connectivity index (χ0) is 16.1. The number of rotatable bonds is 7. The Morgan fingerprint density at radius 1 is 1.00 bits per heavy atom. The molecule has 0 aromatic heterocycles. The van der Waals surface area contributed by atoms with Gasteiger partial charge in [-0.15, -0.1) is 0 Å². The lowest BCUT2D eigenvalue weighted by Gasteiger charge is -2.17. The molecule has 3 rings (SSSR count). The third-order valence-corrected chi connectivity index (χ3v) is 3.69. The Morgan fingerprint density at radius 2 is 1.74 bits per heavy atom. The molecule has 0 fully saturated rings. The van der Waals surface area contributed by atoms with Crippen LogP contribution in [0.3, 0.4) is 0 Å². The summed E-state index contributed by atoms with van der Waals surface area (Å²) in [6.45, 7) is 2.61. The van der Waals surface area contributed by atoms with Crippen molar-refractivity contribution >= 4 is 0 Å². The Bertz CT molecular complexity index is 642. The van der Waals surface area contributed by atoms with Crippen LogP contribution in [-0.2, 0) is 6.54 Å². The molecule has 0 unspecified atom stereocenters. The summed E-state index contributed by atoms with van der Waals surface area (Å²) < 4.78 is 21.6. The SMILES string of the molecule is COc1ccc(OCCN(C)Cc2ccc3c(c2)OCO3)cc1. The highest BCUT2D eigenvalue weighted by molar-refractivity contribution is 5.44. The van der Waals surface area contributed by atoms with Crippen molar-refractivity contribution in [2.45, 2.75) is 6.54 Å². The Balaban J connectivity index is 1.44. The van der Waals surface area contributed by atoms with Gasteiger partial charge in [0, 0.05) is 13.1 Å². The molecule has 122 valence electrons. The predicted octanol–water partition coefficient (Wildman–Crippen LogP) is 2.93. The minimum Gasteiger partial charge on any atom is -0.497 e. The van der Waals surface area contributed by atoms with Crippen LogP contribution >= 0.6 is 0 Å². The van der Waals surface area contributed by atoms with Crippen molar-refractivity contribution in [1.82, 2.24) is 4.90 Å². The van der Waals surface area contributed by atoms with Gasteiger partial charge in [0.2, 0.25) is 6.79 Å². The van der Waals surface area contributed by atoms with E-state index in [-0.39, 0.29) is 0 Å². The van der Waals surface area contributed by atoms with E-state index < -0.39 is 0 Å². The molecule has 0 atom stereocenters. The van der Waals surface area contributed by atoms with Crippen molar-refractivity contribution in [3.8, 4) is 23.0 Å². The summed E-state index contributed by atoms with van der Waals surface area (Å²) in [5.41, 5.74) is 1.20. The molecule has 0 N–H and O–H groups in total. The number of likely N-dealkylation sites (N-methyl/N-ethyl adjacent to an activating group) is 1. The number of fused-ring (bicyclic) bond motifs is 1. The van der Waals surface area contributed by atoms with Gasteiger partial charge in [-0.1, -0.05) is 6.07 Å². The standard InChI is InChI=1S/C18H21NO4/c1-19(9-10-21-16-6-4-15(20-2)5-7-16)12-14-3-8-17-18(11-14)23-13-22-17/h3-8,11H,9-10,12-13H2,1-2H3. The Hall–Kier alpha value is -2.40. The van der Waals surface area contributed by atoms with Crippen molar-refractivity contribution in [2.24, 2.45) is 0 Å². The van der Waals surface area contributed by atoms with E-state index in [0.717, 1.165) is 36.1 Å². The molecule has 2 aromatic carbocycles. The van der Waals surface area contributed by atoms with Crippen LogP contribution in [0.25, 0.3) is 0 Å². The Labute approximate surface area is 136 Å². The van der Waals surface area contributed by atoms with E-state index in [2.05, 4.69) is 18.0 Å². The van der Waals surface area contributed by atoms with Crippen molar-refractivity contribution in [1.29, 1.82) is 0 Å². The van der Waals surface area contributed by atoms with Crippen LogP contribution in [0.4, 0.5) is 0 Å². The smallest absolute Gasteiger partial charge is 0.231 e. The number of nitrogens with zero attached hydrogens (tertiary/aromatic N) is 1. The summed E-state index contributed by atoms with van der Waals surface area (Å²) in [7, 11) is 3.73. The topological polar surface area (TPSA) is 40.2 Å². The molecule has 0 saturated carbocycles. The first-order valence-electron chi connectivity index (χ1n) is 7.58. The summed E-state index contributed by atoms with van der Waals surface area (Å²) in [6.07, 6.45) is 0. The highest BCUT2D eigenvalue weighted by Crippen LogP contribution is 2.32. The van der Waals surface area contributed by atoms with Gasteiger partial charge in [-0.05, 0) is 49.0 Å². The zero-order valence-corrected chi connectivity index (χ0v) is 13.5. The largest absolute Gasteiger partial charge is 0.497 e. The first-order valence-corrected chi connectivity index (χ1v) is 7.58. The van der Waals surface area contributed by atoms with Gasteiger partial charge in [-0.3, -0.25) is 4.90 Å². The summed E-state index contributed by atoms with van der Waals surface area (Å²) in [5, 5.41) is 0. The number of ether oxygens (including phenoxy) is 4. The van der Waals surface area contributed by atoms with Gasteiger partial charge in [-0.25, -0.2) is 0 Å². The maximum Gasteiger partial charge on any atom is 0.231 e. The van der Waals surface area contributed by atoms with Crippen LogP contribution in [0.2, 0.25) is 0 Å². The molecule has 5 heteroatoms. The summed E-state index contributed by atoms with van der Waals surface area (Å²) >= 11 is 0. The third-order valence-electron chi connectivity index (χ3n) is 3.69. The van der Waals surface area contributed by atoms with Crippen LogP contribution in [0.1, 0.15) is 5.56 Å². The lowest BCUT2D eigenvalue weighted by molar-refractivity contribution is 0.174. The quantitative estimate of drug-likeness (QED) is 0.785. The van der Waals surface area contributed by atoms with Crippen molar-refractivity contribution in [3.05, 3.63) is 48.0 Å². The summed E-state index contributed by atoms with van der Waals surface area (Å²) in [5.74, 6) is 3.32. The van der Waals surface area contributed by atoms with E-state index in [9.17, 15) is 0 Å². The second kappa shape index (κ2) is 7.24. The molecule has 0 amide bonds. The average molecular weight is 315 g/mol. The molecule has 0 saturated heterocycles. The van der Waals surface area contributed by atoms with Crippen LogP contribution in [0.5, 0.6) is 23.0 Å². The van der Waals surface area contributed by atoms with E-state index in [0.29, 0.717) is 13.4 Å². The minimum absolute atomic E-state index is 0.310. The second-order valence-electron chi connectivity index (χ2n) is 5.45. The molecule has 1 aliphatic heterocycles. The van der Waals surface area contributed by atoms with Crippen molar-refractivity contribution in [3.63, 3.8) is 0 Å². The molecule has 2 aromatic rings. The number of hydrogen-bond acceptors (Lipinski definition) is 5. The van der Waals surface area contributed by atoms with Gasteiger partial charge in [0.05, 0.1) is 7.11 Å². The summed E-state index contributed by atoms with van der Waals surface area (Å²) in [4.78, 5) is 2.21. The zero-order valence-electron chi connectivity index (χ0n) is 13.5. The number of methoxy groups -OCH3 is 1. The summed E-state index contributed by atoms with van der Waals surface area (Å²) in [6, 6.07) is 13.7. The monoisotopic (exact) mass is 315 g/mol. The van der Waals surface area contributed by atoms with E-state index in [1.54, 1.807) is 7.11 Å². The fourth-order valence-electron chi connectivity index (χ4n) is 2.42. The Morgan fingerprint density at radius 3 is 2.52 bits per heavy atom. The van der Waals surface area contributed by atoms with Crippen LogP contribution in [0.15, 0.2) is 42.5 Å². The van der Waals surface area contributed by atoms with E-state index in [1.165, 1.54) is 5.56 Å². The van der Waals surface area contributed by atoms with Gasteiger partial charge >= 0.3 is 0 Å². The Kier molecular flexibility index (Phi) is 4.88. The van der Waals surface area contributed by atoms with Gasteiger partial charge in [0.1, 0.15) is 18.1 Å². The third kappa shape index (κ3) is 4.07. The molecule has 0 aliphatic carbocycles. The molecule has 0 bridgehead atoms. The number of hydrogen-bond donors (Lipinski definition) is 0. The minimum atomic E-state index is 0.310. The fourth-order valence-corrected chi connectivity index (χ4v) is 2.42.